The number of carbonyl (C=O) groups is 1. The van der Waals surface area contributed by atoms with E-state index in [1.54, 1.807) is 6.20 Å². The minimum Gasteiger partial charge on any atom is -0.298 e. The lowest BCUT2D eigenvalue weighted by Crippen LogP contribution is -2.13. The Morgan fingerprint density at radius 3 is 2.94 bits per heavy atom. The van der Waals surface area contributed by atoms with Crippen molar-refractivity contribution in [1.29, 1.82) is 0 Å². The molecular weight excluding hydrogens is 331 g/mol. The van der Waals surface area contributed by atoms with Crippen molar-refractivity contribution in [2.45, 2.75) is 0 Å². The predicted octanol–water partition coefficient (Wildman–Crippen LogP) is 3.95. The molecule has 1 amide bonds. The number of anilines is 1. The molecule has 1 aromatic carbocycles. The lowest BCUT2D eigenvalue weighted by atomic mass is 10.2. The summed E-state index contributed by atoms with van der Waals surface area (Å²) < 4.78 is 14.2. The smallest absolute Gasteiger partial charge is 0.260 e. The normalized spacial score (nSPS) is 10.3. The number of rotatable bonds is 2. The van der Waals surface area contributed by atoms with Gasteiger partial charge in [-0.3, -0.25) is 10.1 Å². The molecule has 0 spiro atoms. The van der Waals surface area contributed by atoms with Crippen LogP contribution >= 0.6 is 38.9 Å². The van der Waals surface area contributed by atoms with Crippen molar-refractivity contribution in [2.75, 3.05) is 5.32 Å². The molecule has 1 heterocycles. The Hall–Kier alpha value is -0.980. The SMILES string of the molecule is O=C(Nc1ncc(Br)s1)c1cc(Cl)ccc1F. The van der Waals surface area contributed by atoms with Crippen LogP contribution in [0.15, 0.2) is 28.2 Å². The number of halogens is 3. The second-order valence-corrected chi connectivity index (χ2v) is 5.89. The van der Waals surface area contributed by atoms with Gasteiger partial charge in [-0.25, -0.2) is 9.37 Å². The molecule has 17 heavy (non-hydrogen) atoms. The van der Waals surface area contributed by atoms with Gasteiger partial charge in [0.15, 0.2) is 5.13 Å². The van der Waals surface area contributed by atoms with E-state index in [1.807, 2.05) is 0 Å². The van der Waals surface area contributed by atoms with Crippen LogP contribution in [-0.4, -0.2) is 10.9 Å². The Morgan fingerprint density at radius 2 is 2.29 bits per heavy atom. The van der Waals surface area contributed by atoms with Crippen molar-refractivity contribution in [3.05, 3.63) is 44.6 Å². The number of thiazole rings is 1. The molecule has 0 radical (unpaired) electrons. The zero-order valence-electron chi connectivity index (χ0n) is 8.21. The first kappa shape index (κ1) is 12.5. The molecule has 3 nitrogen and oxygen atoms in total. The van der Waals surface area contributed by atoms with Gasteiger partial charge < -0.3 is 0 Å². The average Bonchev–Trinajstić information content (AvgIpc) is 2.67. The first-order valence-corrected chi connectivity index (χ1v) is 6.43. The Morgan fingerprint density at radius 1 is 1.53 bits per heavy atom. The summed E-state index contributed by atoms with van der Waals surface area (Å²) in [5, 5.41) is 3.18. The summed E-state index contributed by atoms with van der Waals surface area (Å²) in [7, 11) is 0. The van der Waals surface area contributed by atoms with Crippen molar-refractivity contribution < 1.29 is 9.18 Å². The largest absolute Gasteiger partial charge is 0.298 e. The van der Waals surface area contributed by atoms with Crippen molar-refractivity contribution in [3.8, 4) is 0 Å². The summed E-state index contributed by atoms with van der Waals surface area (Å²) in [4.78, 5) is 15.7. The number of hydrogen-bond donors (Lipinski definition) is 1. The third kappa shape index (κ3) is 3.02. The average molecular weight is 336 g/mol. The van der Waals surface area contributed by atoms with Gasteiger partial charge in [0.25, 0.3) is 5.91 Å². The molecule has 0 saturated heterocycles. The summed E-state index contributed by atoms with van der Waals surface area (Å²) in [6.45, 7) is 0. The summed E-state index contributed by atoms with van der Waals surface area (Å²) in [6.07, 6.45) is 1.55. The number of hydrogen-bond acceptors (Lipinski definition) is 3. The highest BCUT2D eigenvalue weighted by molar-refractivity contribution is 9.11. The van der Waals surface area contributed by atoms with Crippen LogP contribution in [0.5, 0.6) is 0 Å². The minimum absolute atomic E-state index is 0.108. The Labute approximate surface area is 114 Å². The van der Waals surface area contributed by atoms with E-state index in [4.69, 9.17) is 11.6 Å². The van der Waals surface area contributed by atoms with Gasteiger partial charge in [0.1, 0.15) is 5.82 Å². The van der Waals surface area contributed by atoms with Gasteiger partial charge in [0.2, 0.25) is 0 Å². The van der Waals surface area contributed by atoms with Crippen LogP contribution in [-0.2, 0) is 0 Å². The summed E-state index contributed by atoms with van der Waals surface area (Å²) in [5.41, 5.74) is -0.108. The third-order valence-corrected chi connectivity index (χ3v) is 3.50. The van der Waals surface area contributed by atoms with Crippen LogP contribution in [0.3, 0.4) is 0 Å². The van der Waals surface area contributed by atoms with E-state index in [-0.39, 0.29) is 5.56 Å². The van der Waals surface area contributed by atoms with Crippen LogP contribution < -0.4 is 5.32 Å². The standard InChI is InChI=1S/C10H5BrClFN2OS/c11-8-4-14-10(17-8)15-9(16)6-3-5(12)1-2-7(6)13/h1-4H,(H,14,15,16). The topological polar surface area (TPSA) is 42.0 Å². The lowest BCUT2D eigenvalue weighted by molar-refractivity contribution is 0.102. The fourth-order valence-electron chi connectivity index (χ4n) is 1.15. The Balaban J connectivity index is 2.22. The molecule has 0 saturated carbocycles. The van der Waals surface area contributed by atoms with E-state index in [9.17, 15) is 9.18 Å². The van der Waals surface area contributed by atoms with Gasteiger partial charge in [-0.15, -0.1) is 0 Å². The molecule has 0 aliphatic heterocycles. The zero-order valence-corrected chi connectivity index (χ0v) is 11.4. The maximum absolute atomic E-state index is 13.4. The molecule has 1 aromatic heterocycles. The molecule has 7 heteroatoms. The molecule has 0 bridgehead atoms. The third-order valence-electron chi connectivity index (χ3n) is 1.87. The van der Waals surface area contributed by atoms with Crippen LogP contribution in [0.1, 0.15) is 10.4 Å². The molecular formula is C10H5BrClFN2OS. The second kappa shape index (κ2) is 5.12. The fraction of sp³-hybridized carbons (Fsp3) is 0. The van der Waals surface area contributed by atoms with E-state index < -0.39 is 11.7 Å². The fourth-order valence-corrected chi connectivity index (χ4v) is 2.42. The monoisotopic (exact) mass is 334 g/mol. The maximum Gasteiger partial charge on any atom is 0.260 e. The summed E-state index contributed by atoms with van der Waals surface area (Å²) in [6, 6.07) is 3.80. The van der Waals surface area contributed by atoms with E-state index in [1.165, 1.54) is 23.5 Å². The summed E-state index contributed by atoms with van der Waals surface area (Å²) in [5.74, 6) is -1.20. The minimum atomic E-state index is -0.623. The van der Waals surface area contributed by atoms with Gasteiger partial charge in [-0.05, 0) is 34.1 Å². The van der Waals surface area contributed by atoms with Gasteiger partial charge >= 0.3 is 0 Å². The molecule has 0 aliphatic carbocycles. The molecule has 0 atom stereocenters. The maximum atomic E-state index is 13.4. The van der Waals surface area contributed by atoms with E-state index in [2.05, 4.69) is 26.2 Å². The highest BCUT2D eigenvalue weighted by atomic mass is 79.9. The molecule has 1 N–H and O–H groups in total. The number of carbonyl (C=O) groups excluding carboxylic acids is 1. The van der Waals surface area contributed by atoms with E-state index in [0.29, 0.717) is 10.2 Å². The quantitative estimate of drug-likeness (QED) is 0.903. The molecule has 88 valence electrons. The number of amides is 1. The predicted molar refractivity (Wildman–Crippen MR) is 69.2 cm³/mol. The van der Waals surface area contributed by atoms with Crippen molar-refractivity contribution >= 4 is 49.9 Å². The van der Waals surface area contributed by atoms with Crippen molar-refractivity contribution in [2.24, 2.45) is 0 Å². The van der Waals surface area contributed by atoms with Crippen LogP contribution in [0, 0.1) is 5.82 Å². The zero-order chi connectivity index (χ0) is 12.4. The van der Waals surface area contributed by atoms with Crippen molar-refractivity contribution in [1.82, 2.24) is 4.98 Å². The Bertz CT molecular complexity index is 575. The van der Waals surface area contributed by atoms with Gasteiger partial charge in [0, 0.05) is 5.02 Å². The Kier molecular flexibility index (Phi) is 3.76. The molecule has 0 fully saturated rings. The molecule has 0 aliphatic rings. The van der Waals surface area contributed by atoms with Gasteiger partial charge in [-0.2, -0.15) is 0 Å². The molecule has 2 rings (SSSR count). The van der Waals surface area contributed by atoms with Crippen LogP contribution in [0.4, 0.5) is 9.52 Å². The van der Waals surface area contributed by atoms with E-state index in [0.717, 1.165) is 9.85 Å². The molecule has 2 aromatic rings. The van der Waals surface area contributed by atoms with Gasteiger partial charge in [-0.1, -0.05) is 22.9 Å². The number of nitrogens with zero attached hydrogens (tertiary/aromatic N) is 1. The highest BCUT2D eigenvalue weighted by Gasteiger charge is 2.13. The highest BCUT2D eigenvalue weighted by Crippen LogP contribution is 2.24. The van der Waals surface area contributed by atoms with E-state index >= 15 is 0 Å². The lowest BCUT2D eigenvalue weighted by Gasteiger charge is -2.03. The van der Waals surface area contributed by atoms with Crippen molar-refractivity contribution in [3.63, 3.8) is 0 Å². The molecule has 0 unspecified atom stereocenters. The number of benzene rings is 1. The van der Waals surface area contributed by atoms with Gasteiger partial charge in [0.05, 0.1) is 15.5 Å². The van der Waals surface area contributed by atoms with Crippen LogP contribution in [0.25, 0.3) is 0 Å². The summed E-state index contributed by atoms with van der Waals surface area (Å²) >= 11 is 10.2. The number of aromatic nitrogens is 1. The first-order chi connectivity index (χ1) is 8.06. The second-order valence-electron chi connectivity index (χ2n) is 3.05. The first-order valence-electron chi connectivity index (χ1n) is 4.44. The van der Waals surface area contributed by atoms with Crippen LogP contribution in [0.2, 0.25) is 5.02 Å². The number of nitrogens with one attached hydrogen (secondary N) is 1.